The number of aromatic amines is 1. The summed E-state index contributed by atoms with van der Waals surface area (Å²) >= 11 is 0. The first kappa shape index (κ1) is 11.7. The van der Waals surface area contributed by atoms with E-state index in [4.69, 9.17) is 5.84 Å². The van der Waals surface area contributed by atoms with Gasteiger partial charge in [-0.1, -0.05) is 26.0 Å². The molecule has 0 radical (unpaired) electrons. The van der Waals surface area contributed by atoms with Crippen molar-refractivity contribution in [2.45, 2.75) is 26.7 Å². The first-order valence-corrected chi connectivity index (χ1v) is 5.74. The van der Waals surface area contributed by atoms with Crippen molar-refractivity contribution in [3.63, 3.8) is 0 Å². The number of H-pyrrole nitrogens is 1. The highest BCUT2D eigenvalue weighted by Gasteiger charge is 2.08. The molecule has 1 aromatic carbocycles. The van der Waals surface area contributed by atoms with Crippen molar-refractivity contribution in [1.82, 2.24) is 9.97 Å². The Bertz CT molecular complexity index is 514. The van der Waals surface area contributed by atoms with Gasteiger partial charge in [-0.2, -0.15) is 0 Å². The number of imidazole rings is 1. The number of rotatable bonds is 3. The number of aromatic nitrogens is 2. The quantitative estimate of drug-likeness (QED) is 0.561. The van der Waals surface area contributed by atoms with Crippen LogP contribution in [0.25, 0.3) is 11.3 Å². The normalized spacial score (nSPS) is 10.9. The summed E-state index contributed by atoms with van der Waals surface area (Å²) in [5.74, 6) is 6.41. The number of nitrogen functional groups attached to an aromatic ring is 1. The third-order valence-electron chi connectivity index (χ3n) is 2.93. The smallest absolute Gasteiger partial charge is 0.215 e. The molecule has 0 aliphatic rings. The maximum atomic E-state index is 5.31. The van der Waals surface area contributed by atoms with Gasteiger partial charge in [0.25, 0.3) is 0 Å². The van der Waals surface area contributed by atoms with Crippen LogP contribution in [0.5, 0.6) is 0 Å². The molecule has 4 heteroatoms. The molecule has 4 nitrogen and oxygen atoms in total. The van der Waals surface area contributed by atoms with Crippen LogP contribution in [-0.4, -0.2) is 9.97 Å². The van der Waals surface area contributed by atoms with Crippen LogP contribution in [0, 0.1) is 6.92 Å². The Kier molecular flexibility index (Phi) is 3.15. The summed E-state index contributed by atoms with van der Waals surface area (Å²) in [5, 5.41) is 0. The standard InChI is InChI=1S/C13H18N4/c1-8(2)10-5-4-9(3)11(6-10)12-7-15-13(16-12)17-14/h4-8H,14H2,1-3H3,(H2,15,16,17). The number of nitrogens with one attached hydrogen (secondary N) is 2. The number of nitrogens with zero attached hydrogens (tertiary/aromatic N) is 1. The van der Waals surface area contributed by atoms with Crippen molar-refractivity contribution in [2.75, 3.05) is 5.43 Å². The molecule has 0 fully saturated rings. The Hall–Kier alpha value is -1.81. The molecule has 0 atom stereocenters. The van der Waals surface area contributed by atoms with Crippen molar-refractivity contribution in [3.05, 3.63) is 35.5 Å². The lowest BCUT2D eigenvalue weighted by molar-refractivity contribution is 0.866. The van der Waals surface area contributed by atoms with E-state index in [-0.39, 0.29) is 0 Å². The van der Waals surface area contributed by atoms with Crippen LogP contribution in [0.15, 0.2) is 24.4 Å². The molecule has 0 spiro atoms. The summed E-state index contributed by atoms with van der Waals surface area (Å²) in [6, 6.07) is 6.51. The van der Waals surface area contributed by atoms with Crippen LogP contribution >= 0.6 is 0 Å². The molecule has 2 rings (SSSR count). The lowest BCUT2D eigenvalue weighted by Crippen LogP contribution is -2.07. The third-order valence-corrected chi connectivity index (χ3v) is 2.93. The number of benzene rings is 1. The molecule has 1 heterocycles. The predicted octanol–water partition coefficient (Wildman–Crippen LogP) is 2.79. The molecule has 17 heavy (non-hydrogen) atoms. The summed E-state index contributed by atoms with van der Waals surface area (Å²) in [7, 11) is 0. The first-order chi connectivity index (χ1) is 8.11. The highest BCUT2D eigenvalue weighted by atomic mass is 15.3. The molecule has 2 aromatic rings. The SMILES string of the molecule is Cc1ccc(C(C)C)cc1-c1cnc(NN)[nH]1. The predicted molar refractivity (Wildman–Crippen MR) is 70.7 cm³/mol. The van der Waals surface area contributed by atoms with E-state index in [1.165, 1.54) is 16.7 Å². The molecule has 0 bridgehead atoms. The highest BCUT2D eigenvalue weighted by molar-refractivity contribution is 5.65. The van der Waals surface area contributed by atoms with Gasteiger partial charge in [0.2, 0.25) is 5.95 Å². The monoisotopic (exact) mass is 230 g/mol. The Balaban J connectivity index is 2.46. The molecule has 4 N–H and O–H groups in total. The lowest BCUT2D eigenvalue weighted by Gasteiger charge is -2.10. The molecule has 0 saturated heterocycles. The fraction of sp³-hybridized carbons (Fsp3) is 0.308. The molecule has 1 aromatic heterocycles. The second-order valence-corrected chi connectivity index (χ2v) is 4.52. The van der Waals surface area contributed by atoms with Crippen molar-refractivity contribution in [2.24, 2.45) is 5.84 Å². The Morgan fingerprint density at radius 2 is 2.12 bits per heavy atom. The van der Waals surface area contributed by atoms with E-state index < -0.39 is 0 Å². The minimum atomic E-state index is 0.518. The number of anilines is 1. The van der Waals surface area contributed by atoms with E-state index in [1.54, 1.807) is 6.20 Å². The van der Waals surface area contributed by atoms with E-state index in [1.807, 2.05) is 0 Å². The summed E-state index contributed by atoms with van der Waals surface area (Å²) in [6.07, 6.45) is 1.79. The summed E-state index contributed by atoms with van der Waals surface area (Å²) in [6.45, 7) is 6.47. The van der Waals surface area contributed by atoms with Gasteiger partial charge in [-0.25, -0.2) is 10.8 Å². The first-order valence-electron chi connectivity index (χ1n) is 5.74. The van der Waals surface area contributed by atoms with Crippen LogP contribution in [0.3, 0.4) is 0 Å². The van der Waals surface area contributed by atoms with Gasteiger partial charge in [0.05, 0.1) is 11.9 Å². The van der Waals surface area contributed by atoms with Crippen molar-refractivity contribution >= 4 is 5.95 Å². The van der Waals surface area contributed by atoms with Gasteiger partial charge >= 0.3 is 0 Å². The zero-order valence-electron chi connectivity index (χ0n) is 10.4. The Morgan fingerprint density at radius 3 is 2.71 bits per heavy atom. The van der Waals surface area contributed by atoms with Crippen molar-refractivity contribution < 1.29 is 0 Å². The minimum Gasteiger partial charge on any atom is -0.323 e. The van der Waals surface area contributed by atoms with Crippen LogP contribution < -0.4 is 11.3 Å². The summed E-state index contributed by atoms with van der Waals surface area (Å²) in [5.41, 5.74) is 7.21. The zero-order chi connectivity index (χ0) is 12.4. The van der Waals surface area contributed by atoms with E-state index >= 15 is 0 Å². The van der Waals surface area contributed by atoms with E-state index in [2.05, 4.69) is 54.4 Å². The van der Waals surface area contributed by atoms with E-state index in [0.29, 0.717) is 11.9 Å². The van der Waals surface area contributed by atoms with Crippen molar-refractivity contribution in [1.29, 1.82) is 0 Å². The second kappa shape index (κ2) is 4.59. The Labute approximate surface area is 101 Å². The average molecular weight is 230 g/mol. The number of aryl methyl sites for hydroxylation is 1. The Morgan fingerprint density at radius 1 is 1.35 bits per heavy atom. The number of hydrogen-bond acceptors (Lipinski definition) is 3. The third kappa shape index (κ3) is 2.31. The minimum absolute atomic E-state index is 0.518. The molecule has 0 unspecified atom stereocenters. The zero-order valence-corrected chi connectivity index (χ0v) is 10.4. The van der Waals surface area contributed by atoms with E-state index in [9.17, 15) is 0 Å². The van der Waals surface area contributed by atoms with Gasteiger partial charge in [0.1, 0.15) is 0 Å². The molecule has 0 saturated carbocycles. The van der Waals surface area contributed by atoms with Crippen LogP contribution in [-0.2, 0) is 0 Å². The van der Waals surface area contributed by atoms with Gasteiger partial charge in [-0.3, -0.25) is 5.43 Å². The largest absolute Gasteiger partial charge is 0.323 e. The number of hydrazine groups is 1. The van der Waals surface area contributed by atoms with Crippen LogP contribution in [0.2, 0.25) is 0 Å². The fourth-order valence-electron chi connectivity index (χ4n) is 1.82. The summed E-state index contributed by atoms with van der Waals surface area (Å²) < 4.78 is 0. The van der Waals surface area contributed by atoms with Crippen LogP contribution in [0.4, 0.5) is 5.95 Å². The molecular formula is C13H18N4. The van der Waals surface area contributed by atoms with Gasteiger partial charge < -0.3 is 4.98 Å². The van der Waals surface area contributed by atoms with Gasteiger partial charge in [0, 0.05) is 5.56 Å². The summed E-state index contributed by atoms with van der Waals surface area (Å²) in [4.78, 5) is 7.27. The van der Waals surface area contributed by atoms with E-state index in [0.717, 1.165) is 5.69 Å². The molecule has 0 aliphatic heterocycles. The molecule has 0 aliphatic carbocycles. The van der Waals surface area contributed by atoms with Gasteiger partial charge in [-0.05, 0) is 30.0 Å². The van der Waals surface area contributed by atoms with Gasteiger partial charge in [0.15, 0.2) is 0 Å². The lowest BCUT2D eigenvalue weighted by atomic mass is 9.97. The van der Waals surface area contributed by atoms with Gasteiger partial charge in [-0.15, -0.1) is 0 Å². The maximum absolute atomic E-state index is 5.31. The fourth-order valence-corrected chi connectivity index (χ4v) is 1.82. The van der Waals surface area contributed by atoms with Crippen LogP contribution in [0.1, 0.15) is 30.9 Å². The topological polar surface area (TPSA) is 66.7 Å². The highest BCUT2D eigenvalue weighted by Crippen LogP contribution is 2.26. The number of nitrogens with two attached hydrogens (primary N) is 1. The molecular weight excluding hydrogens is 212 g/mol. The number of hydrogen-bond donors (Lipinski definition) is 3. The average Bonchev–Trinajstić information content (AvgIpc) is 2.77. The molecule has 0 amide bonds. The maximum Gasteiger partial charge on any atom is 0.215 e. The second-order valence-electron chi connectivity index (χ2n) is 4.52. The molecule has 90 valence electrons. The van der Waals surface area contributed by atoms with Crippen molar-refractivity contribution in [3.8, 4) is 11.3 Å².